The highest BCUT2D eigenvalue weighted by atomic mass is 16.5. The van der Waals surface area contributed by atoms with Gasteiger partial charge in [0.25, 0.3) is 0 Å². The zero-order valence-corrected chi connectivity index (χ0v) is 10.2. The van der Waals surface area contributed by atoms with Crippen LogP contribution in [-0.2, 0) is 0 Å². The van der Waals surface area contributed by atoms with Crippen LogP contribution < -0.4 is 10.1 Å². The van der Waals surface area contributed by atoms with Gasteiger partial charge in [-0.25, -0.2) is 0 Å². The Morgan fingerprint density at radius 1 is 1.47 bits per heavy atom. The highest BCUT2D eigenvalue weighted by Gasteiger charge is 2.23. The summed E-state index contributed by atoms with van der Waals surface area (Å²) in [5.74, 6) is 0.938. The van der Waals surface area contributed by atoms with Crippen molar-refractivity contribution in [2.24, 2.45) is 0 Å². The van der Waals surface area contributed by atoms with E-state index < -0.39 is 0 Å². The second-order valence-electron chi connectivity index (χ2n) is 4.44. The molecule has 3 heteroatoms. The average Bonchev–Trinajstić information content (AvgIpc) is 3.13. The lowest BCUT2D eigenvalue weighted by atomic mass is 10.1. The fourth-order valence-corrected chi connectivity index (χ4v) is 1.60. The Morgan fingerprint density at radius 3 is 3.00 bits per heavy atom. The van der Waals surface area contributed by atoms with Crippen LogP contribution in [0.15, 0.2) is 24.3 Å². The predicted molar refractivity (Wildman–Crippen MR) is 67.6 cm³/mol. The highest BCUT2D eigenvalue weighted by Crippen LogP contribution is 2.27. The summed E-state index contributed by atoms with van der Waals surface area (Å²) in [7, 11) is 0. The molecular formula is C14H19NO2. The molecule has 2 rings (SSSR count). The molecular weight excluding hydrogens is 214 g/mol. The lowest BCUT2D eigenvalue weighted by Gasteiger charge is -2.07. The molecule has 1 saturated carbocycles. The molecule has 0 atom stereocenters. The SMILES string of the molecule is CCCNCC(=O)c1cccc(OC2CC2)c1. The molecule has 17 heavy (non-hydrogen) atoms. The molecule has 0 aliphatic heterocycles. The van der Waals surface area contributed by atoms with Crippen molar-refractivity contribution in [2.75, 3.05) is 13.1 Å². The first-order valence-corrected chi connectivity index (χ1v) is 6.30. The maximum atomic E-state index is 11.9. The van der Waals surface area contributed by atoms with Gasteiger partial charge in [0, 0.05) is 5.56 Å². The molecule has 92 valence electrons. The molecule has 1 aromatic rings. The monoisotopic (exact) mass is 233 g/mol. The molecule has 0 bridgehead atoms. The van der Waals surface area contributed by atoms with Crippen LogP contribution in [0.25, 0.3) is 0 Å². The van der Waals surface area contributed by atoms with Crippen LogP contribution in [0, 0.1) is 0 Å². The Morgan fingerprint density at radius 2 is 2.29 bits per heavy atom. The zero-order valence-electron chi connectivity index (χ0n) is 10.2. The molecule has 0 amide bonds. The Balaban J connectivity index is 1.91. The maximum absolute atomic E-state index is 11.9. The summed E-state index contributed by atoms with van der Waals surface area (Å²) in [5.41, 5.74) is 0.728. The number of carbonyl (C=O) groups is 1. The molecule has 3 nitrogen and oxygen atoms in total. The Labute approximate surface area is 102 Å². The largest absolute Gasteiger partial charge is 0.490 e. The number of hydrogen-bond donors (Lipinski definition) is 1. The molecule has 0 heterocycles. The van der Waals surface area contributed by atoms with Gasteiger partial charge in [0.15, 0.2) is 5.78 Å². The first-order chi connectivity index (χ1) is 8.29. The van der Waals surface area contributed by atoms with Crippen molar-refractivity contribution < 1.29 is 9.53 Å². The lowest BCUT2D eigenvalue weighted by molar-refractivity contribution is 0.0991. The molecule has 0 unspecified atom stereocenters. The van der Waals surface area contributed by atoms with E-state index in [2.05, 4.69) is 12.2 Å². The summed E-state index contributed by atoms with van der Waals surface area (Å²) in [6.07, 6.45) is 3.68. The van der Waals surface area contributed by atoms with Gasteiger partial charge < -0.3 is 10.1 Å². The number of benzene rings is 1. The fourth-order valence-electron chi connectivity index (χ4n) is 1.60. The van der Waals surface area contributed by atoms with E-state index in [-0.39, 0.29) is 5.78 Å². The van der Waals surface area contributed by atoms with Gasteiger partial charge in [-0.15, -0.1) is 0 Å². The summed E-state index contributed by atoms with van der Waals surface area (Å²) in [5, 5.41) is 3.12. The van der Waals surface area contributed by atoms with Crippen LogP contribution in [0.2, 0.25) is 0 Å². The van der Waals surface area contributed by atoms with E-state index in [9.17, 15) is 4.79 Å². The van der Waals surface area contributed by atoms with Crippen LogP contribution in [0.5, 0.6) is 5.75 Å². The first kappa shape index (κ1) is 12.1. The molecule has 1 aromatic carbocycles. The van der Waals surface area contributed by atoms with Gasteiger partial charge in [-0.2, -0.15) is 0 Å². The Bertz CT molecular complexity index is 386. The second-order valence-corrected chi connectivity index (χ2v) is 4.44. The summed E-state index contributed by atoms with van der Waals surface area (Å²) in [4.78, 5) is 11.9. The number of hydrogen-bond acceptors (Lipinski definition) is 3. The number of rotatable bonds is 7. The van der Waals surface area contributed by atoms with Crippen molar-refractivity contribution in [1.82, 2.24) is 5.32 Å². The summed E-state index contributed by atoms with van der Waals surface area (Å²) < 4.78 is 5.67. The van der Waals surface area contributed by atoms with Crippen LogP contribution in [0.4, 0.5) is 0 Å². The molecule has 0 aromatic heterocycles. The van der Waals surface area contributed by atoms with E-state index in [4.69, 9.17) is 4.74 Å². The maximum Gasteiger partial charge on any atom is 0.176 e. The van der Waals surface area contributed by atoms with E-state index >= 15 is 0 Å². The van der Waals surface area contributed by atoms with Crippen LogP contribution in [0.1, 0.15) is 36.5 Å². The smallest absolute Gasteiger partial charge is 0.176 e. The van der Waals surface area contributed by atoms with E-state index in [1.807, 2.05) is 24.3 Å². The quantitative estimate of drug-likeness (QED) is 0.580. The van der Waals surface area contributed by atoms with Gasteiger partial charge in [0.1, 0.15) is 5.75 Å². The van der Waals surface area contributed by atoms with Crippen molar-refractivity contribution in [2.45, 2.75) is 32.3 Å². The van der Waals surface area contributed by atoms with Gasteiger partial charge in [-0.3, -0.25) is 4.79 Å². The highest BCUT2D eigenvalue weighted by molar-refractivity contribution is 5.97. The lowest BCUT2D eigenvalue weighted by Crippen LogP contribution is -2.23. The number of ether oxygens (including phenoxy) is 1. The summed E-state index contributed by atoms with van der Waals surface area (Å²) >= 11 is 0. The number of ketones is 1. The van der Waals surface area contributed by atoms with E-state index in [0.29, 0.717) is 12.6 Å². The third kappa shape index (κ3) is 3.86. The predicted octanol–water partition coefficient (Wildman–Crippen LogP) is 2.41. The minimum Gasteiger partial charge on any atom is -0.490 e. The van der Waals surface area contributed by atoms with Crippen molar-refractivity contribution in [3.05, 3.63) is 29.8 Å². The summed E-state index contributed by atoms with van der Waals surface area (Å²) in [6.45, 7) is 3.37. The third-order valence-corrected chi connectivity index (χ3v) is 2.70. The van der Waals surface area contributed by atoms with Crippen molar-refractivity contribution in [1.29, 1.82) is 0 Å². The molecule has 1 fully saturated rings. The van der Waals surface area contributed by atoms with Crippen molar-refractivity contribution in [3.8, 4) is 5.75 Å². The minimum absolute atomic E-state index is 0.125. The van der Waals surface area contributed by atoms with Crippen molar-refractivity contribution in [3.63, 3.8) is 0 Å². The van der Waals surface area contributed by atoms with Gasteiger partial charge in [-0.1, -0.05) is 19.1 Å². The molecule has 0 spiro atoms. The molecule has 1 aliphatic carbocycles. The van der Waals surface area contributed by atoms with E-state index in [1.165, 1.54) is 0 Å². The standard InChI is InChI=1S/C14H19NO2/c1-2-8-15-10-14(16)11-4-3-5-13(9-11)17-12-6-7-12/h3-5,9,12,15H,2,6-8,10H2,1H3. The van der Waals surface area contributed by atoms with Gasteiger partial charge >= 0.3 is 0 Å². The summed E-state index contributed by atoms with van der Waals surface area (Å²) in [6, 6.07) is 7.48. The average molecular weight is 233 g/mol. The fraction of sp³-hybridized carbons (Fsp3) is 0.500. The molecule has 1 aliphatic rings. The number of nitrogens with one attached hydrogen (secondary N) is 1. The first-order valence-electron chi connectivity index (χ1n) is 6.30. The van der Waals surface area contributed by atoms with Crippen molar-refractivity contribution >= 4 is 5.78 Å². The Hall–Kier alpha value is -1.35. The van der Waals surface area contributed by atoms with Gasteiger partial charge in [0.05, 0.1) is 12.6 Å². The number of carbonyl (C=O) groups excluding carboxylic acids is 1. The minimum atomic E-state index is 0.125. The molecule has 0 saturated heterocycles. The Kier molecular flexibility index (Phi) is 4.15. The van der Waals surface area contributed by atoms with Gasteiger partial charge in [-0.05, 0) is 37.9 Å². The topological polar surface area (TPSA) is 38.3 Å². The van der Waals surface area contributed by atoms with Crippen LogP contribution in [0.3, 0.4) is 0 Å². The molecule has 1 N–H and O–H groups in total. The van der Waals surface area contributed by atoms with Gasteiger partial charge in [0.2, 0.25) is 0 Å². The van der Waals surface area contributed by atoms with Crippen LogP contribution in [-0.4, -0.2) is 25.0 Å². The second kappa shape index (κ2) is 5.82. The normalized spacial score (nSPS) is 14.6. The zero-order chi connectivity index (χ0) is 12.1. The van der Waals surface area contributed by atoms with Crippen LogP contribution >= 0.6 is 0 Å². The van der Waals surface area contributed by atoms with E-state index in [0.717, 1.165) is 37.1 Å². The third-order valence-electron chi connectivity index (χ3n) is 2.70. The number of Topliss-reactive ketones (excluding diaryl/α,β-unsaturated/α-hetero) is 1. The molecule has 0 radical (unpaired) electrons. The van der Waals surface area contributed by atoms with E-state index in [1.54, 1.807) is 0 Å².